The number of nitrogens with one attached hydrogen (secondary N) is 2. The summed E-state index contributed by atoms with van der Waals surface area (Å²) in [4.78, 5) is 47.7. The predicted molar refractivity (Wildman–Crippen MR) is 171 cm³/mol. The van der Waals surface area contributed by atoms with E-state index in [1.165, 1.54) is 31.4 Å². The van der Waals surface area contributed by atoms with Crippen LogP contribution in [0.4, 0.5) is 0 Å². The first kappa shape index (κ1) is 33.7. The lowest BCUT2D eigenvalue weighted by atomic mass is 9.76. The molecule has 46 heavy (non-hydrogen) atoms. The molecule has 0 radical (unpaired) electrons. The number of carbonyl (C=O) groups is 3. The zero-order valence-electron chi connectivity index (χ0n) is 25.0. The monoisotopic (exact) mass is 689 g/mol. The van der Waals surface area contributed by atoms with Gasteiger partial charge in [-0.05, 0) is 72.0 Å². The number of hydrogen-bond donors (Lipinski definition) is 3. The van der Waals surface area contributed by atoms with Crippen LogP contribution in [0.1, 0.15) is 75.0 Å². The summed E-state index contributed by atoms with van der Waals surface area (Å²) in [6.07, 6.45) is 3.49. The standard InChI is InChI=1S/C32H33Cl2N3O8S/c1-44-32(41)19-7-5-6-18(14-19)17-45-35-30(39)28-24-16-21(38)11-13-22(24)31(40)37(29(28)23-12-10-20(33)15-25(23)34)27-9-4-3-8-26(27)36-46(2,42)43/h5-7,10-16,26-29,36,38H,3-4,8-9,17H2,1-2H3,(H,35,39)/t26-,27?,28+,29-/m0/s1. The highest BCUT2D eigenvalue weighted by atomic mass is 35.5. The summed E-state index contributed by atoms with van der Waals surface area (Å²) in [5.74, 6) is -2.92. The minimum Gasteiger partial charge on any atom is -0.508 e. The number of fused-ring (bicyclic) bond motifs is 1. The van der Waals surface area contributed by atoms with Gasteiger partial charge < -0.3 is 14.7 Å². The lowest BCUT2D eigenvalue weighted by molar-refractivity contribution is -0.138. The number of hydroxylamine groups is 1. The molecule has 244 valence electrons. The highest BCUT2D eigenvalue weighted by Crippen LogP contribution is 2.48. The van der Waals surface area contributed by atoms with Crippen LogP contribution < -0.4 is 10.2 Å². The van der Waals surface area contributed by atoms with Crippen molar-refractivity contribution in [2.75, 3.05) is 13.4 Å². The number of halogens is 2. The van der Waals surface area contributed by atoms with Crippen LogP contribution in [0.2, 0.25) is 10.0 Å². The maximum Gasteiger partial charge on any atom is 0.337 e. The smallest absolute Gasteiger partial charge is 0.337 e. The van der Waals surface area contributed by atoms with E-state index in [0.717, 1.165) is 19.1 Å². The molecule has 1 heterocycles. The van der Waals surface area contributed by atoms with Gasteiger partial charge in [0.25, 0.3) is 11.8 Å². The fourth-order valence-corrected chi connectivity index (χ4v) is 7.67. The first-order valence-electron chi connectivity index (χ1n) is 14.5. The summed E-state index contributed by atoms with van der Waals surface area (Å²) in [6.45, 7) is -0.103. The summed E-state index contributed by atoms with van der Waals surface area (Å²) in [5.41, 5.74) is 4.20. The van der Waals surface area contributed by atoms with E-state index in [4.69, 9.17) is 32.8 Å². The Morgan fingerprint density at radius 2 is 1.78 bits per heavy atom. The van der Waals surface area contributed by atoms with Gasteiger partial charge in [-0.15, -0.1) is 0 Å². The molecule has 0 aromatic heterocycles. The number of amides is 2. The number of hydrogen-bond acceptors (Lipinski definition) is 8. The zero-order valence-corrected chi connectivity index (χ0v) is 27.4. The molecule has 2 amide bonds. The number of benzene rings is 3. The molecule has 14 heteroatoms. The number of aromatic hydroxyl groups is 1. The number of methoxy groups -OCH3 is 1. The van der Waals surface area contributed by atoms with E-state index in [0.29, 0.717) is 34.6 Å². The molecular weight excluding hydrogens is 657 g/mol. The SMILES string of the molecule is COC(=O)c1cccc(CONC(=O)[C@@H]2c3cc(O)ccc3C(=O)N(C3CCCC[C@@H]3NS(C)(=O)=O)[C@H]2c2ccc(Cl)cc2Cl)c1. The van der Waals surface area contributed by atoms with Crippen LogP contribution in [0.3, 0.4) is 0 Å². The summed E-state index contributed by atoms with van der Waals surface area (Å²) < 4.78 is 32.2. The van der Waals surface area contributed by atoms with Crippen LogP contribution in [-0.2, 0) is 31.0 Å². The van der Waals surface area contributed by atoms with E-state index in [1.807, 2.05) is 0 Å². The topological polar surface area (TPSA) is 151 Å². The summed E-state index contributed by atoms with van der Waals surface area (Å²) in [5, 5.41) is 11.0. The number of ether oxygens (including phenoxy) is 1. The Labute approximate surface area is 276 Å². The van der Waals surface area contributed by atoms with Crippen molar-refractivity contribution in [3.8, 4) is 5.75 Å². The van der Waals surface area contributed by atoms with Gasteiger partial charge in [-0.25, -0.2) is 23.4 Å². The molecule has 0 saturated heterocycles. The van der Waals surface area contributed by atoms with E-state index < -0.39 is 51.9 Å². The van der Waals surface area contributed by atoms with E-state index in [2.05, 4.69) is 10.2 Å². The number of phenolic OH excluding ortho intramolecular Hbond substituents is 1. The minimum absolute atomic E-state index is 0.103. The Hall–Kier alpha value is -3.68. The first-order valence-corrected chi connectivity index (χ1v) is 17.2. The van der Waals surface area contributed by atoms with Crippen LogP contribution in [0, 0.1) is 0 Å². The van der Waals surface area contributed by atoms with Crippen LogP contribution in [0.25, 0.3) is 0 Å². The molecule has 1 aliphatic carbocycles. The minimum atomic E-state index is -3.65. The Balaban J connectivity index is 1.57. The van der Waals surface area contributed by atoms with Crippen LogP contribution in [-0.4, -0.2) is 61.7 Å². The van der Waals surface area contributed by atoms with Crippen molar-refractivity contribution in [3.63, 3.8) is 0 Å². The molecule has 3 aromatic rings. The summed E-state index contributed by atoms with van der Waals surface area (Å²) in [6, 6.07) is 13.1. The van der Waals surface area contributed by atoms with Gasteiger partial charge in [-0.2, -0.15) is 0 Å². The molecule has 0 spiro atoms. The van der Waals surface area contributed by atoms with Crippen molar-refractivity contribution in [2.24, 2.45) is 0 Å². The van der Waals surface area contributed by atoms with E-state index in [9.17, 15) is 27.9 Å². The molecule has 1 saturated carbocycles. The predicted octanol–water partition coefficient (Wildman–Crippen LogP) is 4.87. The molecule has 2 aliphatic rings. The molecule has 1 fully saturated rings. The van der Waals surface area contributed by atoms with Crippen molar-refractivity contribution in [2.45, 2.75) is 56.3 Å². The van der Waals surface area contributed by atoms with E-state index in [-0.39, 0.29) is 28.5 Å². The second-order valence-corrected chi connectivity index (χ2v) is 14.0. The number of carbonyl (C=O) groups excluding carboxylic acids is 3. The molecule has 0 bridgehead atoms. The second-order valence-electron chi connectivity index (χ2n) is 11.4. The molecule has 3 N–H and O–H groups in total. The molecule has 1 unspecified atom stereocenters. The zero-order chi connectivity index (χ0) is 33.2. The third-order valence-electron chi connectivity index (χ3n) is 8.23. The Morgan fingerprint density at radius 1 is 1.02 bits per heavy atom. The van der Waals surface area contributed by atoms with Gasteiger partial charge in [0.05, 0.1) is 37.5 Å². The Kier molecular flexibility index (Phi) is 10.2. The quantitative estimate of drug-likeness (QED) is 0.213. The Bertz CT molecular complexity index is 1770. The number of rotatable bonds is 9. The number of sulfonamides is 1. The number of nitrogens with zero attached hydrogens (tertiary/aromatic N) is 1. The van der Waals surface area contributed by atoms with Gasteiger partial charge in [0.1, 0.15) is 5.75 Å². The average Bonchev–Trinajstić information content (AvgIpc) is 3.00. The van der Waals surface area contributed by atoms with Crippen LogP contribution >= 0.6 is 23.2 Å². The van der Waals surface area contributed by atoms with Gasteiger partial charge >= 0.3 is 5.97 Å². The third-order valence-corrected chi connectivity index (χ3v) is 9.52. The van der Waals surface area contributed by atoms with Crippen LogP contribution in [0.15, 0.2) is 60.7 Å². The molecule has 11 nitrogen and oxygen atoms in total. The lowest BCUT2D eigenvalue weighted by Crippen LogP contribution is -2.59. The Morgan fingerprint density at radius 3 is 2.50 bits per heavy atom. The van der Waals surface area contributed by atoms with Crippen molar-refractivity contribution < 1.29 is 37.5 Å². The van der Waals surface area contributed by atoms with Gasteiger partial charge in [-0.3, -0.25) is 14.4 Å². The maximum atomic E-state index is 14.4. The van der Waals surface area contributed by atoms with E-state index in [1.54, 1.807) is 41.3 Å². The second kappa shape index (κ2) is 14.0. The van der Waals surface area contributed by atoms with Gasteiger partial charge in [0, 0.05) is 27.7 Å². The normalized spacial score (nSPS) is 21.4. The van der Waals surface area contributed by atoms with Gasteiger partial charge in [0.15, 0.2) is 0 Å². The third kappa shape index (κ3) is 7.31. The average molecular weight is 691 g/mol. The van der Waals surface area contributed by atoms with Crippen molar-refractivity contribution in [1.29, 1.82) is 0 Å². The summed E-state index contributed by atoms with van der Waals surface area (Å²) >= 11 is 13.0. The molecule has 5 rings (SSSR count). The molecule has 4 atom stereocenters. The molecule has 1 aliphatic heterocycles. The van der Waals surface area contributed by atoms with Gasteiger partial charge in [0.2, 0.25) is 10.0 Å². The highest BCUT2D eigenvalue weighted by Gasteiger charge is 2.49. The maximum absolute atomic E-state index is 14.4. The fraction of sp³-hybridized carbons (Fsp3) is 0.344. The van der Waals surface area contributed by atoms with Crippen molar-refractivity contribution in [1.82, 2.24) is 15.1 Å². The molecule has 3 aromatic carbocycles. The number of phenols is 1. The largest absolute Gasteiger partial charge is 0.508 e. The fourth-order valence-electron chi connectivity index (χ4n) is 6.33. The number of esters is 1. The van der Waals surface area contributed by atoms with Crippen molar-refractivity contribution >= 4 is 51.0 Å². The van der Waals surface area contributed by atoms with E-state index >= 15 is 0 Å². The molecular formula is C32H33Cl2N3O8S. The highest BCUT2D eigenvalue weighted by molar-refractivity contribution is 7.88. The first-order chi connectivity index (χ1) is 21.9. The van der Waals surface area contributed by atoms with Gasteiger partial charge in [-0.1, -0.05) is 54.2 Å². The summed E-state index contributed by atoms with van der Waals surface area (Å²) in [7, 11) is -2.37. The van der Waals surface area contributed by atoms with Crippen LogP contribution in [0.5, 0.6) is 5.75 Å². The lowest BCUT2D eigenvalue weighted by Gasteiger charge is -2.49. The van der Waals surface area contributed by atoms with Crippen molar-refractivity contribution in [3.05, 3.63) is 98.5 Å².